The van der Waals surface area contributed by atoms with Crippen LogP contribution in [0.15, 0.2) is 12.4 Å². The maximum atomic E-state index is 12.0. The fraction of sp³-hybridized carbons (Fsp3) is 0.667. The van der Waals surface area contributed by atoms with Crippen molar-refractivity contribution in [2.75, 3.05) is 0 Å². The molecule has 3 heteroatoms. The predicted molar refractivity (Wildman–Crippen MR) is 56.2 cm³/mol. The van der Waals surface area contributed by atoms with Gasteiger partial charge in [0.05, 0.1) is 6.42 Å². The van der Waals surface area contributed by atoms with E-state index in [0.717, 1.165) is 17.7 Å². The highest BCUT2D eigenvalue weighted by Crippen LogP contribution is 2.55. The third-order valence-electron chi connectivity index (χ3n) is 3.92. The number of nitrogens with zero attached hydrogens (tertiary/aromatic N) is 1. The van der Waals surface area contributed by atoms with Gasteiger partial charge in [0.1, 0.15) is 11.6 Å². The van der Waals surface area contributed by atoms with Gasteiger partial charge in [-0.2, -0.15) is 0 Å². The van der Waals surface area contributed by atoms with Gasteiger partial charge >= 0.3 is 0 Å². The third-order valence-corrected chi connectivity index (χ3v) is 3.92. The van der Waals surface area contributed by atoms with Crippen LogP contribution in [0.25, 0.3) is 0 Å². The van der Waals surface area contributed by atoms with Gasteiger partial charge in [-0.3, -0.25) is 4.79 Å². The molecule has 0 bridgehead atoms. The maximum absolute atomic E-state index is 12.0. The minimum atomic E-state index is 0.373. The van der Waals surface area contributed by atoms with Crippen LogP contribution in [0.2, 0.25) is 0 Å². The van der Waals surface area contributed by atoms with Crippen LogP contribution < -0.4 is 0 Å². The number of carbonyl (C=O) groups excluding carboxylic acids is 1. The number of ketones is 1. The van der Waals surface area contributed by atoms with Gasteiger partial charge < -0.3 is 4.98 Å². The highest BCUT2D eigenvalue weighted by Gasteiger charge is 2.54. The van der Waals surface area contributed by atoms with Gasteiger partial charge in [0.15, 0.2) is 0 Å². The Balaban J connectivity index is 1.62. The molecule has 1 heterocycles. The normalized spacial score (nSPS) is 33.5. The lowest BCUT2D eigenvalue weighted by molar-refractivity contribution is -0.120. The number of carbonyl (C=O) groups is 1. The molecule has 15 heavy (non-hydrogen) atoms. The fourth-order valence-corrected chi connectivity index (χ4v) is 3.15. The van der Waals surface area contributed by atoms with Crippen LogP contribution in [0.4, 0.5) is 0 Å². The highest BCUT2D eigenvalue weighted by molar-refractivity contribution is 5.85. The average Bonchev–Trinajstić information content (AvgIpc) is 2.77. The van der Waals surface area contributed by atoms with E-state index in [9.17, 15) is 4.79 Å². The van der Waals surface area contributed by atoms with Gasteiger partial charge in [-0.1, -0.05) is 12.8 Å². The first-order chi connectivity index (χ1) is 7.36. The lowest BCUT2D eigenvalue weighted by Crippen LogP contribution is -2.08. The van der Waals surface area contributed by atoms with E-state index in [-0.39, 0.29) is 0 Å². The number of Topliss-reactive ketones (excluding diaryl/α,β-unsaturated/α-hetero) is 1. The third kappa shape index (κ3) is 1.60. The Morgan fingerprint density at radius 3 is 2.73 bits per heavy atom. The van der Waals surface area contributed by atoms with Crippen molar-refractivity contribution in [2.24, 2.45) is 17.8 Å². The van der Waals surface area contributed by atoms with E-state index in [1.54, 1.807) is 12.4 Å². The molecule has 0 saturated heterocycles. The van der Waals surface area contributed by atoms with E-state index in [4.69, 9.17) is 0 Å². The van der Waals surface area contributed by atoms with Crippen molar-refractivity contribution < 1.29 is 4.79 Å². The number of fused-ring (bicyclic) bond motifs is 1. The molecule has 2 atom stereocenters. The summed E-state index contributed by atoms with van der Waals surface area (Å²) in [4.78, 5) is 19.1. The molecule has 2 unspecified atom stereocenters. The first-order valence-electron chi connectivity index (χ1n) is 5.87. The second-order valence-electron chi connectivity index (χ2n) is 4.82. The van der Waals surface area contributed by atoms with Crippen molar-refractivity contribution in [1.82, 2.24) is 9.97 Å². The molecule has 0 amide bonds. The Hall–Kier alpha value is -1.12. The number of nitrogens with one attached hydrogen (secondary N) is 1. The molecular formula is C12H16N2O. The predicted octanol–water partition coefficient (Wildman–Crippen LogP) is 1.96. The minimum Gasteiger partial charge on any atom is -0.348 e. The smallest absolute Gasteiger partial charge is 0.144 e. The van der Waals surface area contributed by atoms with E-state index in [2.05, 4.69) is 9.97 Å². The van der Waals surface area contributed by atoms with E-state index in [1.165, 1.54) is 25.7 Å². The second-order valence-corrected chi connectivity index (χ2v) is 4.82. The summed E-state index contributed by atoms with van der Waals surface area (Å²) in [5.41, 5.74) is 0. The molecule has 2 saturated carbocycles. The van der Waals surface area contributed by atoms with Crippen LogP contribution in [0.3, 0.4) is 0 Å². The van der Waals surface area contributed by atoms with Crippen molar-refractivity contribution in [3.8, 4) is 0 Å². The molecule has 1 N–H and O–H groups in total. The summed E-state index contributed by atoms with van der Waals surface area (Å²) >= 11 is 0. The number of hydrogen-bond acceptors (Lipinski definition) is 2. The molecule has 2 aliphatic carbocycles. The summed E-state index contributed by atoms with van der Waals surface area (Å²) in [7, 11) is 0. The molecular weight excluding hydrogens is 188 g/mol. The van der Waals surface area contributed by atoms with Crippen LogP contribution in [0.1, 0.15) is 31.5 Å². The lowest BCUT2D eigenvalue weighted by Gasteiger charge is -2.04. The van der Waals surface area contributed by atoms with Gasteiger partial charge in [-0.25, -0.2) is 4.98 Å². The van der Waals surface area contributed by atoms with E-state index in [0.29, 0.717) is 18.1 Å². The van der Waals surface area contributed by atoms with Crippen molar-refractivity contribution in [3.63, 3.8) is 0 Å². The van der Waals surface area contributed by atoms with Crippen LogP contribution in [-0.2, 0) is 11.2 Å². The van der Waals surface area contributed by atoms with Crippen LogP contribution >= 0.6 is 0 Å². The number of rotatable bonds is 3. The van der Waals surface area contributed by atoms with Crippen LogP contribution in [0, 0.1) is 17.8 Å². The largest absolute Gasteiger partial charge is 0.348 e. The summed E-state index contributed by atoms with van der Waals surface area (Å²) in [6.07, 6.45) is 9.20. The molecule has 3 rings (SSSR count). The highest BCUT2D eigenvalue weighted by atomic mass is 16.1. The molecule has 3 nitrogen and oxygen atoms in total. The van der Waals surface area contributed by atoms with E-state index in [1.807, 2.05) is 0 Å². The number of aromatic nitrogens is 2. The van der Waals surface area contributed by atoms with Crippen LogP contribution in [-0.4, -0.2) is 15.8 Å². The van der Waals surface area contributed by atoms with Gasteiger partial charge in [0.25, 0.3) is 0 Å². The van der Waals surface area contributed by atoms with Gasteiger partial charge in [0, 0.05) is 18.3 Å². The fourth-order valence-electron chi connectivity index (χ4n) is 3.15. The Labute approximate surface area is 89.3 Å². The number of aromatic amines is 1. The standard InChI is InChI=1S/C12H16N2O/c15-10(7-11-13-5-6-14-11)12-8-3-1-2-4-9(8)12/h5-6,8-9,12H,1-4,7H2,(H,13,14). The number of H-pyrrole nitrogens is 1. The zero-order valence-electron chi connectivity index (χ0n) is 8.78. The van der Waals surface area contributed by atoms with Crippen molar-refractivity contribution in [1.29, 1.82) is 0 Å². The summed E-state index contributed by atoms with van der Waals surface area (Å²) < 4.78 is 0. The Bertz CT molecular complexity index is 346. The number of hydrogen-bond donors (Lipinski definition) is 1. The van der Waals surface area contributed by atoms with E-state index >= 15 is 0 Å². The molecule has 0 radical (unpaired) electrons. The van der Waals surface area contributed by atoms with Crippen LogP contribution in [0.5, 0.6) is 0 Å². The molecule has 0 spiro atoms. The van der Waals surface area contributed by atoms with Gasteiger partial charge in [-0.15, -0.1) is 0 Å². The lowest BCUT2D eigenvalue weighted by atomic mass is 10.0. The first kappa shape index (κ1) is 9.13. The molecule has 2 fully saturated rings. The molecule has 0 aromatic carbocycles. The second kappa shape index (κ2) is 3.47. The maximum Gasteiger partial charge on any atom is 0.144 e. The van der Waals surface area contributed by atoms with E-state index < -0.39 is 0 Å². The zero-order chi connectivity index (χ0) is 10.3. The summed E-state index contributed by atoms with van der Waals surface area (Å²) in [5, 5.41) is 0. The summed E-state index contributed by atoms with van der Waals surface area (Å²) in [5.74, 6) is 3.05. The SMILES string of the molecule is O=C(Cc1ncc[nH]1)C1C2CCCCC21. The summed E-state index contributed by atoms with van der Waals surface area (Å²) in [6, 6.07) is 0. The molecule has 0 aliphatic heterocycles. The average molecular weight is 204 g/mol. The van der Waals surface area contributed by atoms with Gasteiger partial charge in [-0.05, 0) is 24.7 Å². The Morgan fingerprint density at radius 2 is 2.13 bits per heavy atom. The number of imidazole rings is 1. The van der Waals surface area contributed by atoms with Crippen molar-refractivity contribution >= 4 is 5.78 Å². The summed E-state index contributed by atoms with van der Waals surface area (Å²) in [6.45, 7) is 0. The molecule has 1 aromatic heterocycles. The molecule has 2 aliphatic rings. The van der Waals surface area contributed by atoms with Gasteiger partial charge in [0.2, 0.25) is 0 Å². The van der Waals surface area contributed by atoms with Crippen molar-refractivity contribution in [2.45, 2.75) is 32.1 Å². The monoisotopic (exact) mass is 204 g/mol. The molecule has 80 valence electrons. The first-order valence-corrected chi connectivity index (χ1v) is 5.87. The quantitative estimate of drug-likeness (QED) is 0.818. The molecule has 1 aromatic rings. The topological polar surface area (TPSA) is 45.8 Å². The minimum absolute atomic E-state index is 0.373. The Morgan fingerprint density at radius 1 is 1.40 bits per heavy atom. The Kier molecular flexibility index (Phi) is 2.11. The van der Waals surface area contributed by atoms with Crippen molar-refractivity contribution in [3.05, 3.63) is 18.2 Å². The zero-order valence-corrected chi connectivity index (χ0v) is 8.78.